The molecule has 0 aliphatic carbocycles. The third-order valence-electron chi connectivity index (χ3n) is 2.81. The van der Waals surface area contributed by atoms with E-state index in [9.17, 15) is 18.0 Å². The Hall–Kier alpha value is -2.75. The fraction of sp³-hybridized carbons (Fsp3) is 0.200. The lowest BCUT2D eigenvalue weighted by Crippen LogP contribution is -2.21. The fourth-order valence-electron chi connectivity index (χ4n) is 1.90. The second kappa shape index (κ2) is 5.93. The Kier molecular flexibility index (Phi) is 4.22. The minimum Gasteiger partial charge on any atom is -0.462 e. The SMILES string of the molecule is CCOC(=O)/C(C#N)=C1/C=C(C(F)(F)F)Oc2ccccc21. The quantitative estimate of drug-likeness (QED) is 0.477. The van der Waals surface area contributed by atoms with E-state index >= 15 is 0 Å². The minimum absolute atomic E-state index is 0.00524. The highest BCUT2D eigenvalue weighted by Gasteiger charge is 2.39. The van der Waals surface area contributed by atoms with Crippen LogP contribution in [0.4, 0.5) is 13.2 Å². The number of para-hydroxylation sites is 1. The normalized spacial score (nSPS) is 15.9. The van der Waals surface area contributed by atoms with Gasteiger partial charge in [-0.15, -0.1) is 0 Å². The maximum absolute atomic E-state index is 12.9. The standard InChI is InChI=1S/C15H10F3NO3/c1-2-21-14(20)11(8-19)10-7-13(15(16,17)18)22-12-6-4-3-5-9(10)12/h3-7H,2H2,1H3/b11-10-. The van der Waals surface area contributed by atoms with Crippen molar-refractivity contribution in [3.05, 3.63) is 47.2 Å². The molecule has 1 aromatic carbocycles. The number of nitrogens with zero attached hydrogens (tertiary/aromatic N) is 1. The predicted molar refractivity (Wildman–Crippen MR) is 70.4 cm³/mol. The number of benzene rings is 1. The van der Waals surface area contributed by atoms with Crippen LogP contribution >= 0.6 is 0 Å². The van der Waals surface area contributed by atoms with Gasteiger partial charge >= 0.3 is 12.1 Å². The lowest BCUT2D eigenvalue weighted by atomic mass is 9.96. The highest BCUT2D eigenvalue weighted by atomic mass is 19.4. The number of nitriles is 1. The van der Waals surface area contributed by atoms with E-state index in [4.69, 9.17) is 14.7 Å². The van der Waals surface area contributed by atoms with Gasteiger partial charge in [0.15, 0.2) is 0 Å². The number of rotatable bonds is 2. The van der Waals surface area contributed by atoms with Gasteiger partial charge in [-0.1, -0.05) is 18.2 Å². The molecule has 1 aromatic rings. The molecule has 0 bridgehead atoms. The molecule has 22 heavy (non-hydrogen) atoms. The number of carbonyl (C=O) groups is 1. The molecule has 2 rings (SSSR count). The van der Waals surface area contributed by atoms with E-state index in [1.54, 1.807) is 12.1 Å². The number of carbonyl (C=O) groups excluding carboxylic acids is 1. The monoisotopic (exact) mass is 309 g/mol. The molecule has 0 N–H and O–H groups in total. The summed E-state index contributed by atoms with van der Waals surface area (Å²) in [5.74, 6) is -2.35. The van der Waals surface area contributed by atoms with Crippen LogP contribution in [0.15, 0.2) is 41.7 Å². The maximum atomic E-state index is 12.9. The van der Waals surface area contributed by atoms with Crippen LogP contribution in [0.1, 0.15) is 12.5 Å². The Labute approximate surface area is 124 Å². The number of esters is 1. The Morgan fingerprint density at radius 3 is 2.64 bits per heavy atom. The Bertz CT molecular complexity index is 711. The third-order valence-corrected chi connectivity index (χ3v) is 2.81. The van der Waals surface area contributed by atoms with Crippen LogP contribution in [-0.2, 0) is 9.53 Å². The Balaban J connectivity index is 2.68. The zero-order valence-corrected chi connectivity index (χ0v) is 11.4. The van der Waals surface area contributed by atoms with Crippen molar-refractivity contribution in [2.45, 2.75) is 13.1 Å². The van der Waals surface area contributed by atoms with E-state index in [0.717, 1.165) is 0 Å². The van der Waals surface area contributed by atoms with Crippen molar-refractivity contribution in [1.29, 1.82) is 5.26 Å². The number of hydrogen-bond acceptors (Lipinski definition) is 4. The lowest BCUT2D eigenvalue weighted by Gasteiger charge is -2.22. The van der Waals surface area contributed by atoms with Crippen molar-refractivity contribution in [2.75, 3.05) is 6.61 Å². The highest BCUT2D eigenvalue weighted by molar-refractivity contribution is 6.05. The number of alkyl halides is 3. The molecule has 1 aliphatic heterocycles. The summed E-state index contributed by atoms with van der Waals surface area (Å²) in [6, 6.07) is 7.45. The molecule has 0 saturated carbocycles. The van der Waals surface area contributed by atoms with Crippen LogP contribution in [0, 0.1) is 11.3 Å². The number of fused-ring (bicyclic) bond motifs is 1. The molecule has 0 spiro atoms. The summed E-state index contributed by atoms with van der Waals surface area (Å²) in [4.78, 5) is 11.8. The third kappa shape index (κ3) is 2.96. The molecule has 0 fully saturated rings. The van der Waals surface area contributed by atoms with Gasteiger partial charge in [0, 0.05) is 11.1 Å². The van der Waals surface area contributed by atoms with Crippen molar-refractivity contribution in [1.82, 2.24) is 0 Å². The summed E-state index contributed by atoms with van der Waals surface area (Å²) in [5, 5.41) is 9.13. The lowest BCUT2D eigenvalue weighted by molar-refractivity contribution is -0.138. The number of ether oxygens (including phenoxy) is 2. The zero-order valence-electron chi connectivity index (χ0n) is 11.4. The smallest absolute Gasteiger partial charge is 0.449 e. The highest BCUT2D eigenvalue weighted by Crippen LogP contribution is 2.40. The van der Waals surface area contributed by atoms with Crippen LogP contribution in [0.25, 0.3) is 5.57 Å². The van der Waals surface area contributed by atoms with E-state index in [1.165, 1.54) is 25.1 Å². The van der Waals surface area contributed by atoms with Crippen molar-refractivity contribution in [3.8, 4) is 11.8 Å². The largest absolute Gasteiger partial charge is 0.462 e. The summed E-state index contributed by atoms with van der Waals surface area (Å²) in [6.07, 6.45) is -4.11. The Morgan fingerprint density at radius 1 is 1.36 bits per heavy atom. The van der Waals surface area contributed by atoms with Gasteiger partial charge in [-0.2, -0.15) is 18.4 Å². The zero-order chi connectivity index (χ0) is 16.3. The van der Waals surface area contributed by atoms with E-state index < -0.39 is 23.5 Å². The molecule has 1 aliphatic rings. The van der Waals surface area contributed by atoms with Gasteiger partial charge in [-0.05, 0) is 19.1 Å². The molecule has 0 unspecified atom stereocenters. The summed E-state index contributed by atoms with van der Waals surface area (Å²) < 4.78 is 48.2. The van der Waals surface area contributed by atoms with E-state index in [1.807, 2.05) is 0 Å². The van der Waals surface area contributed by atoms with Gasteiger partial charge < -0.3 is 9.47 Å². The van der Waals surface area contributed by atoms with Crippen LogP contribution < -0.4 is 4.74 Å². The molecule has 0 atom stereocenters. The average molecular weight is 309 g/mol. The first-order valence-corrected chi connectivity index (χ1v) is 6.26. The van der Waals surface area contributed by atoms with Crippen LogP contribution in [0.2, 0.25) is 0 Å². The molecule has 0 amide bonds. The second-order valence-corrected chi connectivity index (χ2v) is 4.23. The summed E-state index contributed by atoms with van der Waals surface area (Å²) in [7, 11) is 0. The first kappa shape index (κ1) is 15.6. The van der Waals surface area contributed by atoms with Gasteiger partial charge in [0.05, 0.1) is 6.61 Å². The van der Waals surface area contributed by atoms with Crippen LogP contribution in [-0.4, -0.2) is 18.8 Å². The molecule has 0 radical (unpaired) electrons. The van der Waals surface area contributed by atoms with Crippen LogP contribution in [0.5, 0.6) is 5.75 Å². The summed E-state index contributed by atoms with van der Waals surface area (Å²) in [5.41, 5.74) is -0.449. The molecule has 114 valence electrons. The maximum Gasteiger partial charge on any atom is 0.449 e. The predicted octanol–water partition coefficient (Wildman–Crippen LogP) is 3.37. The van der Waals surface area contributed by atoms with Crippen molar-refractivity contribution >= 4 is 11.5 Å². The van der Waals surface area contributed by atoms with Gasteiger partial charge in [-0.3, -0.25) is 0 Å². The minimum atomic E-state index is -4.74. The number of allylic oxidation sites excluding steroid dienone is 3. The van der Waals surface area contributed by atoms with Crippen molar-refractivity contribution in [3.63, 3.8) is 0 Å². The first-order valence-electron chi connectivity index (χ1n) is 6.26. The van der Waals surface area contributed by atoms with Gasteiger partial charge in [0.2, 0.25) is 5.76 Å². The van der Waals surface area contributed by atoms with Gasteiger partial charge in [0.1, 0.15) is 17.4 Å². The topological polar surface area (TPSA) is 59.3 Å². The molecule has 7 heteroatoms. The van der Waals surface area contributed by atoms with Crippen molar-refractivity contribution < 1.29 is 27.4 Å². The van der Waals surface area contributed by atoms with Crippen LogP contribution in [0.3, 0.4) is 0 Å². The molecular weight excluding hydrogens is 299 g/mol. The summed E-state index contributed by atoms with van der Waals surface area (Å²) in [6.45, 7) is 1.54. The summed E-state index contributed by atoms with van der Waals surface area (Å²) >= 11 is 0. The molecule has 0 saturated heterocycles. The molecule has 0 aromatic heterocycles. The molecule has 1 heterocycles. The van der Waals surface area contributed by atoms with Gasteiger partial charge in [0.25, 0.3) is 0 Å². The van der Waals surface area contributed by atoms with E-state index in [-0.39, 0.29) is 23.5 Å². The molecule has 4 nitrogen and oxygen atoms in total. The average Bonchev–Trinajstić information content (AvgIpc) is 2.47. The van der Waals surface area contributed by atoms with E-state index in [0.29, 0.717) is 6.08 Å². The van der Waals surface area contributed by atoms with Crippen molar-refractivity contribution in [2.24, 2.45) is 0 Å². The number of hydrogen-bond donors (Lipinski definition) is 0. The first-order chi connectivity index (χ1) is 10.4. The number of halogens is 3. The fourth-order valence-corrected chi connectivity index (χ4v) is 1.90. The Morgan fingerprint density at radius 2 is 2.05 bits per heavy atom. The second-order valence-electron chi connectivity index (χ2n) is 4.23. The molecular formula is C15H10F3NO3. The van der Waals surface area contributed by atoms with E-state index in [2.05, 4.69) is 0 Å². The van der Waals surface area contributed by atoms with Gasteiger partial charge in [-0.25, -0.2) is 4.79 Å².